The molecule has 0 aromatic heterocycles. The second kappa shape index (κ2) is 68.8. The molecule has 5 nitrogen and oxygen atoms in total. The highest BCUT2D eigenvalue weighted by molar-refractivity contribution is 5.70. The third kappa shape index (κ3) is 66.0. The van der Waals surface area contributed by atoms with Gasteiger partial charge in [-0.1, -0.05) is 307 Å². The van der Waals surface area contributed by atoms with Crippen molar-refractivity contribution in [3.63, 3.8) is 0 Å². The molecule has 0 aliphatic carbocycles. The van der Waals surface area contributed by atoms with E-state index in [4.69, 9.17) is 9.47 Å². The average molecular weight is 1100 g/mol. The van der Waals surface area contributed by atoms with Crippen LogP contribution in [-0.4, -0.2) is 36.4 Å². The van der Waals surface area contributed by atoms with Crippen molar-refractivity contribution in [2.45, 2.75) is 290 Å². The van der Waals surface area contributed by atoms with Gasteiger partial charge in [0.15, 0.2) is 6.10 Å². The maximum absolute atomic E-state index is 12.4. The van der Waals surface area contributed by atoms with E-state index in [1.807, 2.05) is 0 Å². The van der Waals surface area contributed by atoms with Crippen molar-refractivity contribution in [1.29, 1.82) is 0 Å². The minimum atomic E-state index is -0.785. The zero-order valence-corrected chi connectivity index (χ0v) is 51.8. The molecule has 0 radical (unpaired) electrons. The monoisotopic (exact) mass is 1100 g/mol. The summed E-state index contributed by atoms with van der Waals surface area (Å²) in [6.07, 6.45) is 105. The van der Waals surface area contributed by atoms with Crippen LogP contribution in [-0.2, 0) is 19.1 Å². The van der Waals surface area contributed by atoms with Gasteiger partial charge in [-0.2, -0.15) is 0 Å². The third-order valence-corrected chi connectivity index (χ3v) is 13.8. The SMILES string of the molecule is CC/C=C\C/C=C\C/C=C\C/C=C\C/C=C\C/C=C\C/C=C\CCCCCCCCCCCCCCCC(=O)OC(CO)COC(=O)CCCCCCCCCCCCCC/C=C\C/C=C\C/C=C\C/C=C\C/C=C\C/C=C\CC. The van der Waals surface area contributed by atoms with Crippen molar-refractivity contribution in [2.24, 2.45) is 0 Å². The molecule has 0 saturated carbocycles. The molecule has 5 heteroatoms. The number of rotatable bonds is 59. The predicted octanol–water partition coefficient (Wildman–Crippen LogP) is 23.1. The lowest BCUT2D eigenvalue weighted by molar-refractivity contribution is -0.161. The first kappa shape index (κ1) is 75.5. The fraction of sp³-hybridized carbons (Fsp3) is 0.627. The van der Waals surface area contributed by atoms with Gasteiger partial charge in [-0.3, -0.25) is 9.59 Å². The molecule has 0 bridgehead atoms. The van der Waals surface area contributed by atoms with Crippen LogP contribution < -0.4 is 0 Å². The number of hydrogen-bond donors (Lipinski definition) is 1. The minimum Gasteiger partial charge on any atom is -0.462 e. The summed E-state index contributed by atoms with van der Waals surface area (Å²) in [5.74, 6) is -0.596. The summed E-state index contributed by atoms with van der Waals surface area (Å²) in [5, 5.41) is 9.70. The smallest absolute Gasteiger partial charge is 0.306 e. The number of allylic oxidation sites excluding steroid dienone is 26. The lowest BCUT2D eigenvalue weighted by Gasteiger charge is -2.15. The highest BCUT2D eigenvalue weighted by atomic mass is 16.6. The van der Waals surface area contributed by atoms with Crippen molar-refractivity contribution in [3.8, 4) is 0 Å². The zero-order chi connectivity index (χ0) is 57.6. The van der Waals surface area contributed by atoms with E-state index in [1.54, 1.807) is 0 Å². The van der Waals surface area contributed by atoms with Gasteiger partial charge < -0.3 is 14.6 Å². The highest BCUT2D eigenvalue weighted by Crippen LogP contribution is 2.16. The van der Waals surface area contributed by atoms with Crippen molar-refractivity contribution in [2.75, 3.05) is 13.2 Å². The number of aliphatic hydroxyl groups is 1. The fourth-order valence-corrected chi connectivity index (χ4v) is 8.95. The van der Waals surface area contributed by atoms with Gasteiger partial charge >= 0.3 is 11.9 Å². The molecule has 1 N–H and O–H groups in total. The van der Waals surface area contributed by atoms with Crippen molar-refractivity contribution in [1.82, 2.24) is 0 Å². The standard InChI is InChI=1S/C75H122O5/c1-3-5-7-9-11-13-15-17-19-21-23-25-27-29-31-33-35-36-37-38-40-42-44-46-48-50-52-54-56-58-60-62-64-66-68-70-75(78)80-73(71-76)72-79-74(77)69-67-65-63-61-59-57-55-53-51-49-47-45-43-41-39-34-32-30-28-26-24-22-20-18-16-14-12-10-8-6-4-2/h5-8,11-14,17-20,23-26,29-32,35-36,38-41,73,76H,3-4,9-10,15-16,21-22,27-28,33-34,37,42-72H2,1-2H3/b7-5-,8-6-,13-11-,14-12-,19-17-,20-18-,25-23-,26-24-,31-29-,32-30-,36-35-,40-38-,41-39-. The van der Waals surface area contributed by atoms with E-state index in [2.05, 4.69) is 172 Å². The van der Waals surface area contributed by atoms with Crippen LogP contribution in [0.25, 0.3) is 0 Å². The fourth-order valence-electron chi connectivity index (χ4n) is 8.95. The highest BCUT2D eigenvalue weighted by Gasteiger charge is 2.16. The molecule has 0 aliphatic rings. The molecule has 0 amide bonds. The van der Waals surface area contributed by atoms with E-state index in [1.165, 1.54) is 135 Å². The van der Waals surface area contributed by atoms with Gasteiger partial charge in [0.25, 0.3) is 0 Å². The molecule has 0 fully saturated rings. The Morgan fingerprint density at radius 2 is 0.500 bits per heavy atom. The summed E-state index contributed by atoms with van der Waals surface area (Å²) < 4.78 is 10.7. The van der Waals surface area contributed by atoms with Crippen LogP contribution in [0.15, 0.2) is 158 Å². The van der Waals surface area contributed by atoms with E-state index in [0.29, 0.717) is 12.8 Å². The van der Waals surface area contributed by atoms with Crippen molar-refractivity contribution < 1.29 is 24.2 Å². The van der Waals surface area contributed by atoms with E-state index in [9.17, 15) is 14.7 Å². The van der Waals surface area contributed by atoms with Crippen LogP contribution in [0, 0.1) is 0 Å². The van der Waals surface area contributed by atoms with Gasteiger partial charge in [-0.25, -0.2) is 0 Å². The Morgan fingerprint density at radius 1 is 0.287 bits per heavy atom. The molecule has 0 heterocycles. The Balaban J connectivity index is 3.53. The molecule has 0 aliphatic heterocycles. The maximum Gasteiger partial charge on any atom is 0.306 e. The number of aliphatic hydroxyl groups excluding tert-OH is 1. The normalized spacial score (nSPS) is 13.3. The van der Waals surface area contributed by atoms with Crippen LogP contribution in [0.2, 0.25) is 0 Å². The van der Waals surface area contributed by atoms with Crippen LogP contribution in [0.5, 0.6) is 0 Å². The van der Waals surface area contributed by atoms with E-state index in [0.717, 1.165) is 122 Å². The minimum absolute atomic E-state index is 0.0744. The molecule has 0 aromatic rings. The van der Waals surface area contributed by atoms with Gasteiger partial charge in [0.2, 0.25) is 0 Å². The first-order chi connectivity index (χ1) is 39.6. The maximum atomic E-state index is 12.4. The van der Waals surface area contributed by atoms with Crippen LogP contribution in [0.1, 0.15) is 284 Å². The van der Waals surface area contributed by atoms with Gasteiger partial charge in [0, 0.05) is 12.8 Å². The largest absolute Gasteiger partial charge is 0.462 e. The number of unbranched alkanes of at least 4 members (excludes halogenated alkanes) is 25. The number of carbonyl (C=O) groups excluding carboxylic acids is 2. The number of carbonyl (C=O) groups is 2. The van der Waals surface area contributed by atoms with Crippen molar-refractivity contribution >= 4 is 11.9 Å². The molecule has 0 spiro atoms. The first-order valence-corrected chi connectivity index (χ1v) is 33.0. The summed E-state index contributed by atoms with van der Waals surface area (Å²) in [6, 6.07) is 0. The topological polar surface area (TPSA) is 72.8 Å². The van der Waals surface area contributed by atoms with E-state index in [-0.39, 0.29) is 25.2 Å². The molecule has 0 saturated heterocycles. The number of hydrogen-bond acceptors (Lipinski definition) is 5. The molecule has 1 atom stereocenters. The summed E-state index contributed by atoms with van der Waals surface area (Å²) in [5.41, 5.74) is 0. The Bertz CT molecular complexity index is 1730. The van der Waals surface area contributed by atoms with Gasteiger partial charge in [0.1, 0.15) is 6.61 Å². The molecule has 80 heavy (non-hydrogen) atoms. The predicted molar refractivity (Wildman–Crippen MR) is 352 cm³/mol. The van der Waals surface area contributed by atoms with Crippen LogP contribution in [0.4, 0.5) is 0 Å². The van der Waals surface area contributed by atoms with E-state index < -0.39 is 6.10 Å². The first-order valence-electron chi connectivity index (χ1n) is 33.0. The second-order valence-electron chi connectivity index (χ2n) is 21.4. The Morgan fingerprint density at radius 3 is 0.750 bits per heavy atom. The average Bonchev–Trinajstić information content (AvgIpc) is 3.46. The zero-order valence-electron chi connectivity index (χ0n) is 51.8. The van der Waals surface area contributed by atoms with Gasteiger partial charge in [0.05, 0.1) is 6.61 Å². The van der Waals surface area contributed by atoms with Crippen molar-refractivity contribution in [3.05, 3.63) is 158 Å². The molecule has 1 unspecified atom stereocenters. The number of esters is 2. The quantitative estimate of drug-likeness (QED) is 0.0373. The summed E-state index contributed by atoms with van der Waals surface area (Å²) in [7, 11) is 0. The van der Waals surface area contributed by atoms with E-state index >= 15 is 0 Å². The molecule has 452 valence electrons. The molecule has 0 aromatic carbocycles. The summed E-state index contributed by atoms with van der Waals surface area (Å²) >= 11 is 0. The summed E-state index contributed by atoms with van der Waals surface area (Å²) in [4.78, 5) is 24.6. The van der Waals surface area contributed by atoms with Crippen LogP contribution >= 0.6 is 0 Å². The third-order valence-electron chi connectivity index (χ3n) is 13.8. The van der Waals surface area contributed by atoms with Crippen LogP contribution in [0.3, 0.4) is 0 Å². The molecular weight excluding hydrogens is 981 g/mol. The number of ether oxygens (including phenoxy) is 2. The molecular formula is C75H122O5. The molecule has 0 rings (SSSR count). The lowest BCUT2D eigenvalue weighted by atomic mass is 10.0. The van der Waals surface area contributed by atoms with Gasteiger partial charge in [-0.15, -0.1) is 0 Å². The summed E-state index contributed by atoms with van der Waals surface area (Å²) in [6.45, 7) is 3.92. The Hall–Kier alpha value is -4.48. The second-order valence-corrected chi connectivity index (χ2v) is 21.4. The van der Waals surface area contributed by atoms with Gasteiger partial charge in [-0.05, 0) is 122 Å². The lowest BCUT2D eigenvalue weighted by Crippen LogP contribution is -2.28. The Kier molecular flexibility index (Phi) is 64.9. The Labute approximate surface area is 494 Å².